The highest BCUT2D eigenvalue weighted by molar-refractivity contribution is 9.10. The summed E-state index contributed by atoms with van der Waals surface area (Å²) < 4.78 is 30.5. The van der Waals surface area contributed by atoms with E-state index in [1.54, 1.807) is 30.3 Å². The normalized spacial score (nSPS) is 12.0. The van der Waals surface area contributed by atoms with Crippen LogP contribution in [0.3, 0.4) is 0 Å². The number of benzene rings is 4. The monoisotopic (exact) mass is 689 g/mol. The molecule has 0 spiro atoms. The van der Waals surface area contributed by atoms with Gasteiger partial charge in [-0.05, 0) is 59.4 Å². The van der Waals surface area contributed by atoms with Gasteiger partial charge in [0.15, 0.2) is 0 Å². The SMILES string of the molecule is CCc1ccccc1N(CC(=O)N(Cc1ccc(Br)cc1)[C@H](Cc1ccccc1)C(=O)NCC(C)C)S(=O)(=O)c1ccccc1. The van der Waals surface area contributed by atoms with Crippen LogP contribution in [0.2, 0.25) is 0 Å². The lowest BCUT2D eigenvalue weighted by atomic mass is 10.0. The number of hydrogen-bond acceptors (Lipinski definition) is 4. The minimum Gasteiger partial charge on any atom is -0.354 e. The third kappa shape index (κ3) is 9.05. The van der Waals surface area contributed by atoms with Crippen molar-refractivity contribution < 1.29 is 18.0 Å². The standard InChI is InChI=1S/C36H40BrN3O4S/c1-4-30-15-11-12-18-33(30)40(45(43,44)32-16-9-6-10-17-32)26-35(41)39(25-29-19-21-31(37)22-20-29)34(36(42)38-24-27(2)3)23-28-13-7-5-8-14-28/h5-22,27,34H,4,23-26H2,1-3H3,(H,38,42)/t34-/m1/s1. The van der Waals surface area contributed by atoms with Crippen LogP contribution in [0, 0.1) is 5.92 Å². The van der Waals surface area contributed by atoms with E-state index in [0.29, 0.717) is 18.7 Å². The van der Waals surface area contributed by atoms with Crippen molar-refractivity contribution in [3.05, 3.63) is 130 Å². The molecule has 4 aromatic rings. The number of carbonyl (C=O) groups excluding carboxylic acids is 2. The van der Waals surface area contributed by atoms with Gasteiger partial charge in [-0.15, -0.1) is 0 Å². The van der Waals surface area contributed by atoms with Crippen molar-refractivity contribution in [3.63, 3.8) is 0 Å². The summed E-state index contributed by atoms with van der Waals surface area (Å²) in [5.41, 5.74) is 2.93. The summed E-state index contributed by atoms with van der Waals surface area (Å²) >= 11 is 3.47. The van der Waals surface area contributed by atoms with Gasteiger partial charge < -0.3 is 10.2 Å². The van der Waals surface area contributed by atoms with Crippen LogP contribution in [0.5, 0.6) is 0 Å². The van der Waals surface area contributed by atoms with Gasteiger partial charge in [-0.25, -0.2) is 8.42 Å². The van der Waals surface area contributed by atoms with Gasteiger partial charge in [-0.2, -0.15) is 0 Å². The van der Waals surface area contributed by atoms with Gasteiger partial charge in [-0.1, -0.05) is 116 Å². The summed E-state index contributed by atoms with van der Waals surface area (Å²) in [7, 11) is -4.14. The highest BCUT2D eigenvalue weighted by Crippen LogP contribution is 2.28. The Balaban J connectivity index is 1.81. The number of rotatable bonds is 14. The van der Waals surface area contributed by atoms with Crippen molar-refractivity contribution in [1.29, 1.82) is 0 Å². The Kier molecular flexibility index (Phi) is 12.0. The maximum atomic E-state index is 14.6. The second-order valence-electron chi connectivity index (χ2n) is 11.3. The first-order valence-corrected chi connectivity index (χ1v) is 17.3. The van der Waals surface area contributed by atoms with Gasteiger partial charge >= 0.3 is 0 Å². The summed E-state index contributed by atoms with van der Waals surface area (Å²) in [4.78, 5) is 30.1. The molecule has 0 aliphatic carbocycles. The molecule has 0 aromatic heterocycles. The van der Waals surface area contributed by atoms with E-state index in [4.69, 9.17) is 0 Å². The van der Waals surface area contributed by atoms with E-state index in [9.17, 15) is 18.0 Å². The smallest absolute Gasteiger partial charge is 0.264 e. The molecule has 0 heterocycles. The summed E-state index contributed by atoms with van der Waals surface area (Å²) in [5, 5.41) is 3.02. The maximum Gasteiger partial charge on any atom is 0.264 e. The number of carbonyl (C=O) groups is 2. The quantitative estimate of drug-likeness (QED) is 0.161. The van der Waals surface area contributed by atoms with Crippen molar-refractivity contribution in [3.8, 4) is 0 Å². The third-order valence-corrected chi connectivity index (χ3v) is 9.78. The van der Waals surface area contributed by atoms with Crippen LogP contribution in [0.1, 0.15) is 37.5 Å². The van der Waals surface area contributed by atoms with Gasteiger partial charge in [0.1, 0.15) is 12.6 Å². The van der Waals surface area contributed by atoms with Crippen molar-refractivity contribution in [1.82, 2.24) is 10.2 Å². The Morgan fingerprint density at radius 1 is 0.800 bits per heavy atom. The second-order valence-corrected chi connectivity index (χ2v) is 14.1. The number of para-hydroxylation sites is 1. The summed E-state index contributed by atoms with van der Waals surface area (Å²) in [5.74, 6) is -0.563. The zero-order valence-electron chi connectivity index (χ0n) is 25.9. The molecule has 45 heavy (non-hydrogen) atoms. The van der Waals surface area contributed by atoms with Crippen molar-refractivity contribution in [2.45, 2.75) is 51.1 Å². The molecule has 0 aliphatic heterocycles. The van der Waals surface area contributed by atoms with Crippen LogP contribution in [-0.2, 0) is 39.0 Å². The predicted molar refractivity (Wildman–Crippen MR) is 183 cm³/mol. The fourth-order valence-corrected chi connectivity index (χ4v) is 6.79. The fraction of sp³-hybridized carbons (Fsp3) is 0.278. The van der Waals surface area contributed by atoms with E-state index in [-0.39, 0.29) is 29.7 Å². The average Bonchev–Trinajstić information content (AvgIpc) is 3.05. The van der Waals surface area contributed by atoms with Gasteiger partial charge in [0.05, 0.1) is 10.6 Å². The highest BCUT2D eigenvalue weighted by atomic mass is 79.9. The first kappa shape index (κ1) is 33.9. The van der Waals surface area contributed by atoms with E-state index in [2.05, 4.69) is 21.2 Å². The van der Waals surface area contributed by atoms with Crippen molar-refractivity contribution >= 4 is 43.5 Å². The lowest BCUT2D eigenvalue weighted by Gasteiger charge is -2.34. The number of hydrogen-bond donors (Lipinski definition) is 1. The Morgan fingerprint density at radius 2 is 1.40 bits per heavy atom. The molecule has 0 fully saturated rings. The summed E-state index contributed by atoms with van der Waals surface area (Å²) in [6, 6.07) is 31.5. The van der Waals surface area contributed by atoms with Gasteiger partial charge in [-0.3, -0.25) is 13.9 Å². The van der Waals surface area contributed by atoms with Crippen molar-refractivity contribution in [2.24, 2.45) is 5.92 Å². The molecule has 0 aliphatic rings. The number of sulfonamides is 1. The molecule has 1 atom stereocenters. The molecule has 1 N–H and O–H groups in total. The van der Waals surface area contributed by atoms with Gasteiger partial charge in [0.2, 0.25) is 11.8 Å². The largest absolute Gasteiger partial charge is 0.354 e. The first-order valence-electron chi connectivity index (χ1n) is 15.1. The topological polar surface area (TPSA) is 86.8 Å². The highest BCUT2D eigenvalue weighted by Gasteiger charge is 2.35. The molecule has 9 heteroatoms. The predicted octanol–water partition coefficient (Wildman–Crippen LogP) is 6.62. The molecule has 0 radical (unpaired) electrons. The van der Waals surface area contributed by atoms with E-state index < -0.39 is 28.5 Å². The van der Waals surface area contributed by atoms with Gasteiger partial charge in [0, 0.05) is 24.0 Å². The molecular weight excluding hydrogens is 650 g/mol. The van der Waals surface area contributed by atoms with E-state index in [0.717, 1.165) is 21.2 Å². The molecule has 236 valence electrons. The lowest BCUT2D eigenvalue weighted by molar-refractivity contribution is -0.140. The minimum absolute atomic E-state index is 0.0821. The number of nitrogens with one attached hydrogen (secondary N) is 1. The fourth-order valence-electron chi connectivity index (χ4n) is 5.05. The zero-order chi connectivity index (χ0) is 32.4. The Morgan fingerprint density at radius 3 is 2.02 bits per heavy atom. The van der Waals surface area contributed by atoms with Gasteiger partial charge in [0.25, 0.3) is 10.0 Å². The van der Waals surface area contributed by atoms with Crippen LogP contribution in [0.4, 0.5) is 5.69 Å². The van der Waals surface area contributed by atoms with Crippen LogP contribution >= 0.6 is 15.9 Å². The molecule has 0 bridgehead atoms. The van der Waals surface area contributed by atoms with Crippen LogP contribution in [0.25, 0.3) is 0 Å². The second kappa shape index (κ2) is 15.9. The Hall–Kier alpha value is -3.95. The Bertz CT molecular complexity index is 1660. The zero-order valence-corrected chi connectivity index (χ0v) is 28.3. The first-order chi connectivity index (χ1) is 21.6. The molecule has 0 unspecified atom stereocenters. The van der Waals surface area contributed by atoms with Crippen molar-refractivity contribution in [2.75, 3.05) is 17.4 Å². The number of aryl methyl sites for hydroxylation is 1. The number of anilines is 1. The third-order valence-electron chi connectivity index (χ3n) is 7.47. The molecular formula is C36H40BrN3O4S. The van der Waals surface area contributed by atoms with Crippen LogP contribution in [0.15, 0.2) is 119 Å². The molecule has 7 nitrogen and oxygen atoms in total. The molecule has 4 aromatic carbocycles. The van der Waals surface area contributed by atoms with E-state index >= 15 is 0 Å². The molecule has 4 rings (SSSR count). The average molecular weight is 691 g/mol. The lowest BCUT2D eigenvalue weighted by Crippen LogP contribution is -2.53. The Labute approximate surface area is 275 Å². The van der Waals surface area contributed by atoms with E-state index in [1.807, 2.05) is 87.5 Å². The number of nitrogens with zero attached hydrogens (tertiary/aromatic N) is 2. The molecule has 0 saturated carbocycles. The summed E-state index contributed by atoms with van der Waals surface area (Å²) in [6.45, 7) is 6.05. The number of amides is 2. The minimum atomic E-state index is -4.14. The summed E-state index contributed by atoms with van der Waals surface area (Å²) in [6.07, 6.45) is 0.839. The number of halogens is 1. The molecule has 2 amide bonds. The molecule has 0 saturated heterocycles. The maximum absolute atomic E-state index is 14.6. The van der Waals surface area contributed by atoms with Crippen LogP contribution in [-0.4, -0.2) is 44.3 Å². The van der Waals surface area contributed by atoms with E-state index in [1.165, 1.54) is 21.3 Å². The van der Waals surface area contributed by atoms with Crippen LogP contribution < -0.4 is 9.62 Å².